The van der Waals surface area contributed by atoms with Crippen molar-refractivity contribution in [3.05, 3.63) is 75.9 Å². The Labute approximate surface area is 231 Å². The van der Waals surface area contributed by atoms with Crippen molar-refractivity contribution in [3.63, 3.8) is 0 Å². The number of benzene rings is 2. The molecule has 0 aliphatic heterocycles. The van der Waals surface area contributed by atoms with Crippen LogP contribution in [0.3, 0.4) is 0 Å². The van der Waals surface area contributed by atoms with Gasteiger partial charge in [0.05, 0.1) is 6.54 Å². The molecule has 1 amide bonds. The Balaban J connectivity index is 1.65. The molecule has 2 aromatic carbocycles. The molecule has 0 atom stereocenters. The Hall–Kier alpha value is -2.95. The quantitative estimate of drug-likeness (QED) is 0.187. The van der Waals surface area contributed by atoms with Crippen LogP contribution in [-0.4, -0.2) is 64.8 Å². The highest BCUT2D eigenvalue weighted by Crippen LogP contribution is 2.33. The van der Waals surface area contributed by atoms with Gasteiger partial charge in [-0.2, -0.15) is 0 Å². The molecule has 3 rings (SSSR count). The van der Waals surface area contributed by atoms with E-state index in [2.05, 4.69) is 23.7 Å². The Morgan fingerprint density at radius 3 is 2.45 bits per heavy atom. The summed E-state index contributed by atoms with van der Waals surface area (Å²) in [5, 5.41) is 12.4. The molecule has 0 unspecified atom stereocenters. The summed E-state index contributed by atoms with van der Waals surface area (Å²) in [4.78, 5) is 22.1. The Morgan fingerprint density at radius 1 is 1.13 bits per heavy atom. The Kier molecular flexibility index (Phi) is 11.1. The average Bonchev–Trinajstić information content (AvgIpc) is 3.42. The number of hydrogen-bond acceptors (Lipinski definition) is 7. The van der Waals surface area contributed by atoms with Crippen molar-refractivity contribution in [1.82, 2.24) is 14.8 Å². The molecule has 0 saturated heterocycles. The molecule has 0 fully saturated rings. The van der Waals surface area contributed by atoms with Gasteiger partial charge in [0.25, 0.3) is 5.91 Å². The van der Waals surface area contributed by atoms with Gasteiger partial charge in [-0.05, 0) is 67.7 Å². The number of likely N-dealkylation sites (N-methyl/N-ethyl adjacent to an activating group) is 1. The minimum absolute atomic E-state index is 0.127. The first-order valence-corrected chi connectivity index (χ1v) is 14.5. The summed E-state index contributed by atoms with van der Waals surface area (Å²) < 4.78 is 33.3. The van der Waals surface area contributed by atoms with Crippen molar-refractivity contribution in [2.45, 2.75) is 32.3 Å². The maximum atomic E-state index is 13.8. The largest absolute Gasteiger partial charge is 0.511 e. The molecule has 0 aliphatic rings. The molecule has 38 heavy (non-hydrogen) atoms. The summed E-state index contributed by atoms with van der Waals surface area (Å²) >= 11 is 2.68. The third-order valence-electron chi connectivity index (χ3n) is 6.09. The number of ether oxygens (including phenoxy) is 1. The van der Waals surface area contributed by atoms with Crippen molar-refractivity contribution in [3.8, 4) is 16.9 Å². The van der Waals surface area contributed by atoms with Crippen LogP contribution in [0, 0.1) is 11.6 Å². The number of amides is 1. The van der Waals surface area contributed by atoms with Crippen LogP contribution in [0.4, 0.5) is 8.78 Å². The summed E-state index contributed by atoms with van der Waals surface area (Å²) in [6.07, 6.45) is 3.39. The fraction of sp³-hybridized carbons (Fsp3) is 0.357. The minimum atomic E-state index is -0.889. The number of rotatable bonds is 13. The lowest BCUT2D eigenvalue weighted by Crippen LogP contribution is -2.40. The zero-order valence-corrected chi connectivity index (χ0v) is 23.7. The maximum absolute atomic E-state index is 13.8. The molecule has 1 N–H and O–H groups in total. The highest BCUT2D eigenvalue weighted by atomic mass is 32.2. The van der Waals surface area contributed by atoms with E-state index in [4.69, 9.17) is 4.74 Å². The summed E-state index contributed by atoms with van der Waals surface area (Å²) in [5.74, 6) is -1.28. The molecule has 1 aromatic heterocycles. The topological polar surface area (TPSA) is 65.9 Å². The standard InChI is InChI=1S/C28H33F2N3O3S2/c1-5-20(34)16-33(13-12-32(6-2)7-3)28(35)25-18-38-27(31-25)17-36-21-10-8-19(9-11-21)22-14-23(29)24(30)15-26(22)37-4/h5,8-11,14-15,18,34H,6-7,12-13,16-17H2,1-4H3. The van der Waals surface area contributed by atoms with Crippen LogP contribution in [0.1, 0.15) is 36.3 Å². The highest BCUT2D eigenvalue weighted by molar-refractivity contribution is 7.98. The van der Waals surface area contributed by atoms with Crippen LogP contribution in [0.5, 0.6) is 5.75 Å². The van der Waals surface area contributed by atoms with Crippen molar-refractivity contribution in [1.29, 1.82) is 0 Å². The number of nitrogens with zero attached hydrogens (tertiary/aromatic N) is 3. The third-order valence-corrected chi connectivity index (χ3v) is 7.69. The lowest BCUT2D eigenvalue weighted by molar-refractivity contribution is 0.0728. The van der Waals surface area contributed by atoms with Gasteiger partial charge in [0.2, 0.25) is 0 Å². The summed E-state index contributed by atoms with van der Waals surface area (Å²) in [5.41, 5.74) is 1.67. The van der Waals surface area contributed by atoms with Gasteiger partial charge < -0.3 is 19.6 Å². The summed E-state index contributed by atoms with van der Waals surface area (Å²) in [6, 6.07) is 9.50. The molecule has 6 nitrogen and oxygen atoms in total. The number of hydrogen-bond donors (Lipinski definition) is 1. The van der Waals surface area contributed by atoms with E-state index in [9.17, 15) is 18.7 Å². The van der Waals surface area contributed by atoms with E-state index in [1.165, 1.54) is 35.2 Å². The van der Waals surface area contributed by atoms with Gasteiger partial charge in [0.15, 0.2) is 11.6 Å². The Bertz CT molecular complexity index is 1240. The zero-order chi connectivity index (χ0) is 27.7. The SMILES string of the molecule is CC=C(O)CN(CCN(CC)CC)C(=O)c1csc(COc2ccc(-c3cc(F)c(F)cc3SC)cc2)n1. The number of thioether (sulfide) groups is 1. The molecule has 10 heteroatoms. The fourth-order valence-electron chi connectivity index (χ4n) is 3.78. The second-order valence-electron chi connectivity index (χ2n) is 8.44. The fourth-order valence-corrected chi connectivity index (χ4v) is 5.07. The van der Waals surface area contributed by atoms with E-state index < -0.39 is 11.6 Å². The van der Waals surface area contributed by atoms with Crippen LogP contribution >= 0.6 is 23.1 Å². The summed E-state index contributed by atoms with van der Waals surface area (Å²) in [6.45, 7) is 9.12. The molecule has 3 aromatic rings. The molecule has 0 saturated carbocycles. The van der Waals surface area contributed by atoms with Gasteiger partial charge in [0.1, 0.15) is 28.8 Å². The van der Waals surface area contributed by atoms with Gasteiger partial charge in [-0.15, -0.1) is 23.1 Å². The van der Waals surface area contributed by atoms with Gasteiger partial charge in [-0.1, -0.05) is 26.0 Å². The molecule has 0 spiro atoms. The van der Waals surface area contributed by atoms with Crippen LogP contribution in [0.15, 0.2) is 58.5 Å². The van der Waals surface area contributed by atoms with E-state index in [1.54, 1.807) is 47.5 Å². The first-order valence-electron chi connectivity index (χ1n) is 12.4. The number of halogens is 2. The monoisotopic (exact) mass is 561 g/mol. The van der Waals surface area contributed by atoms with Crippen molar-refractivity contribution in [2.75, 3.05) is 39.0 Å². The number of allylic oxidation sites excluding steroid dienone is 1. The maximum Gasteiger partial charge on any atom is 0.273 e. The first kappa shape index (κ1) is 29.6. The van der Waals surface area contributed by atoms with Crippen molar-refractivity contribution in [2.24, 2.45) is 0 Å². The number of thiazole rings is 1. The van der Waals surface area contributed by atoms with Crippen LogP contribution in [0.2, 0.25) is 0 Å². The third kappa shape index (κ3) is 7.78. The molecular weight excluding hydrogens is 528 g/mol. The van der Waals surface area contributed by atoms with Crippen molar-refractivity contribution < 1.29 is 23.4 Å². The second-order valence-corrected chi connectivity index (χ2v) is 10.2. The number of aromatic nitrogens is 1. The zero-order valence-electron chi connectivity index (χ0n) is 22.0. The molecular formula is C28H33F2N3O3S2. The molecule has 0 radical (unpaired) electrons. The number of aliphatic hydroxyl groups excluding tert-OH is 1. The highest BCUT2D eigenvalue weighted by Gasteiger charge is 2.21. The smallest absolute Gasteiger partial charge is 0.273 e. The predicted octanol–water partition coefficient (Wildman–Crippen LogP) is 6.64. The first-order chi connectivity index (χ1) is 18.3. The minimum Gasteiger partial charge on any atom is -0.511 e. The van der Waals surface area contributed by atoms with E-state index in [1.807, 2.05) is 6.26 Å². The lowest BCUT2D eigenvalue weighted by atomic mass is 10.1. The normalized spacial score (nSPS) is 11.7. The molecule has 0 bridgehead atoms. The van der Waals surface area contributed by atoms with Crippen LogP contribution < -0.4 is 4.74 Å². The predicted molar refractivity (Wildman–Crippen MR) is 150 cm³/mol. The second kappa shape index (κ2) is 14.3. The van der Waals surface area contributed by atoms with E-state index in [0.29, 0.717) is 40.0 Å². The number of carbonyl (C=O) groups excluding carboxylic acids is 1. The molecule has 1 heterocycles. The molecule has 0 aliphatic carbocycles. The van der Waals surface area contributed by atoms with E-state index in [-0.39, 0.29) is 24.8 Å². The number of aliphatic hydroxyl groups is 1. The van der Waals surface area contributed by atoms with Crippen LogP contribution in [-0.2, 0) is 6.61 Å². The van der Waals surface area contributed by atoms with E-state index >= 15 is 0 Å². The molecule has 204 valence electrons. The lowest BCUT2D eigenvalue weighted by Gasteiger charge is -2.25. The van der Waals surface area contributed by atoms with Gasteiger partial charge in [0, 0.05) is 23.4 Å². The van der Waals surface area contributed by atoms with Gasteiger partial charge >= 0.3 is 0 Å². The van der Waals surface area contributed by atoms with Crippen LogP contribution in [0.25, 0.3) is 11.1 Å². The van der Waals surface area contributed by atoms with Crippen molar-refractivity contribution >= 4 is 29.0 Å². The van der Waals surface area contributed by atoms with Gasteiger partial charge in [-0.25, -0.2) is 13.8 Å². The van der Waals surface area contributed by atoms with E-state index in [0.717, 1.165) is 18.7 Å². The van der Waals surface area contributed by atoms with Gasteiger partial charge in [-0.3, -0.25) is 4.79 Å². The summed E-state index contributed by atoms with van der Waals surface area (Å²) in [7, 11) is 0. The Morgan fingerprint density at radius 2 is 1.82 bits per heavy atom. The number of carbonyl (C=O) groups is 1. The average molecular weight is 562 g/mol.